The molecule has 0 fully saturated rings. The van der Waals surface area contributed by atoms with Crippen molar-refractivity contribution in [2.75, 3.05) is 0 Å². The summed E-state index contributed by atoms with van der Waals surface area (Å²) in [4.78, 5) is 19.5. The van der Waals surface area contributed by atoms with Crippen LogP contribution in [-0.2, 0) is 0 Å². The first-order chi connectivity index (χ1) is 24.3. The van der Waals surface area contributed by atoms with Crippen LogP contribution in [0.15, 0.2) is 175 Å². The van der Waals surface area contributed by atoms with Gasteiger partial charge in [-0.1, -0.05) is 146 Å². The predicted molar refractivity (Wildman–Crippen MR) is 198 cm³/mol. The van der Waals surface area contributed by atoms with Gasteiger partial charge in [-0.3, -0.25) is 4.98 Å². The Morgan fingerprint density at radius 1 is 0.347 bits per heavy atom. The number of aromatic nitrogens is 4. The van der Waals surface area contributed by atoms with Gasteiger partial charge in [0.15, 0.2) is 23.1 Å². The molecule has 3 aromatic heterocycles. The Hall–Kier alpha value is -6.72. The van der Waals surface area contributed by atoms with Crippen molar-refractivity contribution < 1.29 is 4.42 Å². The van der Waals surface area contributed by atoms with Crippen LogP contribution in [0.1, 0.15) is 0 Å². The molecule has 5 nitrogen and oxygen atoms in total. The predicted octanol–water partition coefficient (Wildman–Crippen LogP) is 11.2. The molecule has 6 aromatic carbocycles. The maximum absolute atomic E-state index is 6.38. The fourth-order valence-corrected chi connectivity index (χ4v) is 6.35. The lowest BCUT2D eigenvalue weighted by Gasteiger charge is -2.10. The van der Waals surface area contributed by atoms with Crippen LogP contribution in [0.4, 0.5) is 0 Å². The number of furan rings is 1. The van der Waals surface area contributed by atoms with Crippen molar-refractivity contribution in [2.24, 2.45) is 0 Å². The fraction of sp³-hybridized carbons (Fsp3) is 0. The molecule has 0 spiro atoms. The highest BCUT2D eigenvalue weighted by Crippen LogP contribution is 2.38. The monoisotopic (exact) mass is 628 g/mol. The molecule has 0 unspecified atom stereocenters. The topological polar surface area (TPSA) is 64.7 Å². The third kappa shape index (κ3) is 5.43. The Kier molecular flexibility index (Phi) is 7.06. The van der Waals surface area contributed by atoms with Gasteiger partial charge in [0.25, 0.3) is 0 Å². The number of nitrogens with zero attached hydrogens (tertiary/aromatic N) is 4. The van der Waals surface area contributed by atoms with E-state index >= 15 is 0 Å². The van der Waals surface area contributed by atoms with E-state index in [0.717, 1.165) is 72.0 Å². The fourth-order valence-electron chi connectivity index (χ4n) is 6.35. The van der Waals surface area contributed by atoms with Gasteiger partial charge in [0.05, 0.1) is 6.20 Å². The first-order valence-corrected chi connectivity index (χ1v) is 16.2. The summed E-state index contributed by atoms with van der Waals surface area (Å²) in [5.41, 5.74) is 10.9. The van der Waals surface area contributed by atoms with Gasteiger partial charge in [-0.2, -0.15) is 0 Å². The summed E-state index contributed by atoms with van der Waals surface area (Å²) in [7, 11) is 0. The summed E-state index contributed by atoms with van der Waals surface area (Å²) in [6, 6.07) is 53.9. The zero-order valence-electron chi connectivity index (χ0n) is 26.4. The van der Waals surface area contributed by atoms with Gasteiger partial charge in [0, 0.05) is 39.2 Å². The van der Waals surface area contributed by atoms with Crippen molar-refractivity contribution in [1.29, 1.82) is 0 Å². The van der Waals surface area contributed by atoms with Crippen LogP contribution in [-0.4, -0.2) is 19.9 Å². The Bertz CT molecular complexity index is 2460. The van der Waals surface area contributed by atoms with E-state index in [0.29, 0.717) is 17.5 Å². The van der Waals surface area contributed by atoms with Crippen LogP contribution in [0, 0.1) is 0 Å². The van der Waals surface area contributed by atoms with Crippen LogP contribution in [0.5, 0.6) is 0 Å². The van der Waals surface area contributed by atoms with Gasteiger partial charge >= 0.3 is 0 Å². The zero-order valence-corrected chi connectivity index (χ0v) is 26.4. The number of rotatable bonds is 6. The molecule has 230 valence electrons. The maximum atomic E-state index is 6.38. The molecule has 9 rings (SSSR count). The van der Waals surface area contributed by atoms with Crippen LogP contribution in [0.3, 0.4) is 0 Å². The van der Waals surface area contributed by atoms with E-state index in [-0.39, 0.29) is 0 Å². The highest BCUT2D eigenvalue weighted by molar-refractivity contribution is 6.12. The first kappa shape index (κ1) is 28.5. The summed E-state index contributed by atoms with van der Waals surface area (Å²) < 4.78 is 6.38. The molecular weight excluding hydrogens is 601 g/mol. The summed E-state index contributed by atoms with van der Waals surface area (Å²) >= 11 is 0. The molecule has 0 aliphatic rings. The molecule has 5 heteroatoms. The molecule has 0 radical (unpaired) electrons. The molecule has 0 aliphatic heterocycles. The van der Waals surface area contributed by atoms with Gasteiger partial charge < -0.3 is 4.42 Å². The maximum Gasteiger partial charge on any atom is 0.164 e. The number of hydrogen-bond acceptors (Lipinski definition) is 5. The minimum Gasteiger partial charge on any atom is -0.454 e. The molecule has 0 amide bonds. The van der Waals surface area contributed by atoms with E-state index in [1.54, 1.807) is 6.20 Å². The van der Waals surface area contributed by atoms with Gasteiger partial charge in [0.2, 0.25) is 0 Å². The molecular formula is C44H28N4O. The molecule has 0 saturated heterocycles. The molecule has 0 atom stereocenters. The Labute approximate surface area is 283 Å². The zero-order chi connectivity index (χ0) is 32.6. The number of hydrogen-bond donors (Lipinski definition) is 0. The summed E-state index contributed by atoms with van der Waals surface area (Å²) in [6.07, 6.45) is 3.68. The minimum absolute atomic E-state index is 0.572. The molecule has 0 aliphatic carbocycles. The summed E-state index contributed by atoms with van der Waals surface area (Å²) in [6.45, 7) is 0. The van der Waals surface area contributed by atoms with E-state index < -0.39 is 0 Å². The van der Waals surface area contributed by atoms with Crippen molar-refractivity contribution in [3.05, 3.63) is 170 Å². The molecule has 9 aromatic rings. The van der Waals surface area contributed by atoms with Crippen LogP contribution in [0.2, 0.25) is 0 Å². The quantitative estimate of drug-likeness (QED) is 0.183. The normalized spacial score (nSPS) is 11.3. The summed E-state index contributed by atoms with van der Waals surface area (Å²) in [5.74, 6) is 1.78. The third-order valence-corrected chi connectivity index (χ3v) is 8.86. The van der Waals surface area contributed by atoms with Crippen molar-refractivity contribution in [3.63, 3.8) is 0 Å². The van der Waals surface area contributed by atoms with Gasteiger partial charge in [0.1, 0.15) is 5.58 Å². The molecule has 49 heavy (non-hydrogen) atoms. The SMILES string of the molecule is c1ccc(-c2ccc(-c3nc(-c4ccc(-c5ccccc5)cc4)nc(-c4ccc5c(c4)oc4cncc(-c6ccccc6)c45)n3)cc2)cc1. The van der Waals surface area contributed by atoms with Gasteiger partial charge in [-0.05, 0) is 39.9 Å². The van der Waals surface area contributed by atoms with E-state index in [1.165, 1.54) is 0 Å². The smallest absolute Gasteiger partial charge is 0.164 e. The molecule has 0 bridgehead atoms. The molecule has 0 N–H and O–H groups in total. The van der Waals surface area contributed by atoms with E-state index in [9.17, 15) is 0 Å². The highest BCUT2D eigenvalue weighted by Gasteiger charge is 2.17. The van der Waals surface area contributed by atoms with Crippen LogP contribution in [0.25, 0.3) is 89.5 Å². The minimum atomic E-state index is 0.572. The highest BCUT2D eigenvalue weighted by atomic mass is 16.3. The van der Waals surface area contributed by atoms with Crippen molar-refractivity contribution in [2.45, 2.75) is 0 Å². The second-order valence-electron chi connectivity index (χ2n) is 11.9. The second-order valence-corrected chi connectivity index (χ2v) is 11.9. The summed E-state index contributed by atoms with van der Waals surface area (Å²) in [5, 5.41) is 2.05. The Balaban J connectivity index is 1.16. The molecule has 3 heterocycles. The van der Waals surface area contributed by atoms with Crippen molar-refractivity contribution in [3.8, 4) is 67.5 Å². The number of pyridine rings is 1. The van der Waals surface area contributed by atoms with E-state index in [4.69, 9.17) is 19.4 Å². The van der Waals surface area contributed by atoms with Crippen LogP contribution >= 0.6 is 0 Å². The number of benzene rings is 6. The molecule has 0 saturated carbocycles. The lowest BCUT2D eigenvalue weighted by Crippen LogP contribution is -2.00. The van der Waals surface area contributed by atoms with Crippen molar-refractivity contribution in [1.82, 2.24) is 19.9 Å². The van der Waals surface area contributed by atoms with E-state index in [1.807, 2.05) is 42.6 Å². The van der Waals surface area contributed by atoms with Crippen molar-refractivity contribution >= 4 is 21.9 Å². The van der Waals surface area contributed by atoms with E-state index in [2.05, 4.69) is 126 Å². The van der Waals surface area contributed by atoms with Gasteiger partial charge in [-0.25, -0.2) is 15.0 Å². The van der Waals surface area contributed by atoms with Crippen LogP contribution < -0.4 is 0 Å². The lowest BCUT2D eigenvalue weighted by molar-refractivity contribution is 0.667. The Morgan fingerprint density at radius 3 is 1.31 bits per heavy atom. The largest absolute Gasteiger partial charge is 0.454 e. The lowest BCUT2D eigenvalue weighted by atomic mass is 10.0. The first-order valence-electron chi connectivity index (χ1n) is 16.2. The standard InChI is InChI=1S/C44H28N4O/c1-4-10-29(11-5-1)31-16-20-34(21-17-31)42-46-43(35-22-18-32(19-23-35)30-12-6-2-7-13-30)48-44(47-42)36-24-25-37-39(26-36)49-40-28-45-27-38(41(37)40)33-14-8-3-9-15-33/h1-28H. The average molecular weight is 629 g/mol. The van der Waals surface area contributed by atoms with Gasteiger partial charge in [-0.15, -0.1) is 0 Å². The Morgan fingerprint density at radius 2 is 0.776 bits per heavy atom. The third-order valence-electron chi connectivity index (χ3n) is 8.86. The number of fused-ring (bicyclic) bond motifs is 3. The second kappa shape index (κ2) is 12.1. The average Bonchev–Trinajstić information content (AvgIpc) is 3.57.